The molecule has 0 unspecified atom stereocenters. The fourth-order valence-electron chi connectivity index (χ4n) is 1.31. The molecule has 0 aromatic heterocycles. The summed E-state index contributed by atoms with van der Waals surface area (Å²) in [5.41, 5.74) is 12.3. The topological polar surface area (TPSA) is 99.0 Å². The van der Waals surface area contributed by atoms with Crippen molar-refractivity contribution in [3.63, 3.8) is 0 Å². The molecule has 1 heterocycles. The number of anilines is 2. The summed E-state index contributed by atoms with van der Waals surface area (Å²) in [5, 5.41) is 20.5. The average molecular weight is 194 g/mol. The van der Waals surface area contributed by atoms with Gasteiger partial charge in [-0.1, -0.05) is 0 Å². The summed E-state index contributed by atoms with van der Waals surface area (Å²) in [6.45, 7) is 0. The SMILES string of the molecule is Nc1ccc(N)c2c1=CN(O)N(O)C=2. The molecule has 1 aliphatic rings. The van der Waals surface area contributed by atoms with E-state index in [2.05, 4.69) is 0 Å². The van der Waals surface area contributed by atoms with Crippen LogP contribution in [-0.4, -0.2) is 20.8 Å². The van der Waals surface area contributed by atoms with Gasteiger partial charge in [-0.3, -0.25) is 10.4 Å². The molecule has 0 atom stereocenters. The lowest BCUT2D eigenvalue weighted by Gasteiger charge is -2.23. The Morgan fingerprint density at radius 2 is 1.21 bits per heavy atom. The largest absolute Gasteiger partial charge is 0.398 e. The van der Waals surface area contributed by atoms with Crippen molar-refractivity contribution in [1.82, 2.24) is 10.3 Å². The van der Waals surface area contributed by atoms with Crippen molar-refractivity contribution in [3.8, 4) is 0 Å². The van der Waals surface area contributed by atoms with Gasteiger partial charge in [-0.25, -0.2) is 0 Å². The van der Waals surface area contributed by atoms with Gasteiger partial charge in [0.1, 0.15) is 0 Å². The van der Waals surface area contributed by atoms with Gasteiger partial charge in [-0.15, -0.1) is 10.3 Å². The second-order valence-electron chi connectivity index (χ2n) is 2.97. The van der Waals surface area contributed by atoms with Gasteiger partial charge in [0, 0.05) is 21.8 Å². The van der Waals surface area contributed by atoms with Crippen molar-refractivity contribution in [1.29, 1.82) is 0 Å². The first-order valence-corrected chi connectivity index (χ1v) is 3.93. The molecule has 74 valence electrons. The van der Waals surface area contributed by atoms with E-state index >= 15 is 0 Å². The van der Waals surface area contributed by atoms with E-state index in [0.29, 0.717) is 32.2 Å². The number of fused-ring (bicyclic) bond motifs is 1. The number of hydroxylamine groups is 2. The highest BCUT2D eigenvalue weighted by Gasteiger charge is 2.09. The maximum absolute atomic E-state index is 9.17. The van der Waals surface area contributed by atoms with E-state index < -0.39 is 0 Å². The lowest BCUT2D eigenvalue weighted by Crippen LogP contribution is -2.43. The summed E-state index contributed by atoms with van der Waals surface area (Å²) in [5.74, 6) is 0. The number of hydrazine groups is 1. The van der Waals surface area contributed by atoms with Crippen LogP contribution in [-0.2, 0) is 0 Å². The van der Waals surface area contributed by atoms with E-state index in [4.69, 9.17) is 21.9 Å². The summed E-state index contributed by atoms with van der Waals surface area (Å²) in [6.07, 6.45) is 2.56. The van der Waals surface area contributed by atoms with Gasteiger partial charge in [0.15, 0.2) is 0 Å². The van der Waals surface area contributed by atoms with Gasteiger partial charge >= 0.3 is 0 Å². The van der Waals surface area contributed by atoms with Gasteiger partial charge in [-0.2, -0.15) is 0 Å². The molecule has 0 radical (unpaired) electrons. The number of hydrogen-bond acceptors (Lipinski definition) is 6. The van der Waals surface area contributed by atoms with E-state index in [0.717, 1.165) is 0 Å². The second kappa shape index (κ2) is 2.79. The van der Waals surface area contributed by atoms with Crippen molar-refractivity contribution in [2.75, 3.05) is 11.5 Å². The molecule has 1 aromatic carbocycles. The summed E-state index contributed by atoms with van der Waals surface area (Å²) < 4.78 is 0. The van der Waals surface area contributed by atoms with Crippen LogP contribution < -0.4 is 21.9 Å². The standard InChI is InChI=1S/C8H10N4O2/c9-7-1-2-8(10)6-4-12(14)11(13)3-5(6)7/h1-4,13-14H,9-10H2. The number of nitrogens with zero attached hydrogens (tertiary/aromatic N) is 2. The molecular weight excluding hydrogens is 184 g/mol. The summed E-state index contributed by atoms with van der Waals surface area (Å²) >= 11 is 0. The molecule has 0 amide bonds. The number of nitrogen functional groups attached to an aromatic ring is 2. The number of rotatable bonds is 0. The zero-order chi connectivity index (χ0) is 10.3. The zero-order valence-electron chi connectivity index (χ0n) is 7.25. The minimum absolute atomic E-state index is 0.484. The van der Waals surface area contributed by atoms with E-state index in [9.17, 15) is 0 Å². The van der Waals surface area contributed by atoms with E-state index in [-0.39, 0.29) is 0 Å². The van der Waals surface area contributed by atoms with Crippen LogP contribution in [0.3, 0.4) is 0 Å². The lowest BCUT2D eigenvalue weighted by atomic mass is 10.2. The Labute approximate surface area is 79.4 Å². The van der Waals surface area contributed by atoms with E-state index in [1.807, 2.05) is 0 Å². The van der Waals surface area contributed by atoms with Crippen molar-refractivity contribution in [2.45, 2.75) is 0 Å². The van der Waals surface area contributed by atoms with Crippen LogP contribution in [0, 0.1) is 0 Å². The lowest BCUT2D eigenvalue weighted by molar-refractivity contribution is -0.287. The van der Waals surface area contributed by atoms with Gasteiger partial charge in [0.2, 0.25) is 0 Å². The first-order chi connectivity index (χ1) is 6.59. The summed E-state index contributed by atoms with van der Waals surface area (Å²) in [7, 11) is 0. The molecule has 0 saturated carbocycles. The minimum Gasteiger partial charge on any atom is -0.398 e. The fourth-order valence-corrected chi connectivity index (χ4v) is 1.31. The molecule has 0 spiro atoms. The van der Waals surface area contributed by atoms with Crippen LogP contribution in [0.15, 0.2) is 12.1 Å². The van der Waals surface area contributed by atoms with Crippen LogP contribution in [0.5, 0.6) is 0 Å². The maximum Gasteiger partial charge on any atom is 0.0642 e. The Kier molecular flexibility index (Phi) is 1.73. The predicted octanol–water partition coefficient (Wildman–Crippen LogP) is -1.36. The first-order valence-electron chi connectivity index (χ1n) is 3.93. The molecule has 6 heteroatoms. The Hall–Kier alpha value is -1.92. The molecule has 0 bridgehead atoms. The summed E-state index contributed by atoms with van der Waals surface area (Å²) in [4.78, 5) is 0. The molecule has 6 nitrogen and oxygen atoms in total. The predicted molar refractivity (Wildman–Crippen MR) is 50.7 cm³/mol. The zero-order valence-corrected chi connectivity index (χ0v) is 7.25. The average Bonchev–Trinajstić information content (AvgIpc) is 2.15. The molecule has 14 heavy (non-hydrogen) atoms. The van der Waals surface area contributed by atoms with E-state index in [1.54, 1.807) is 12.1 Å². The van der Waals surface area contributed by atoms with Crippen LogP contribution in [0.1, 0.15) is 0 Å². The van der Waals surface area contributed by atoms with E-state index in [1.165, 1.54) is 12.4 Å². The Morgan fingerprint density at radius 3 is 1.57 bits per heavy atom. The highest BCUT2D eigenvalue weighted by Crippen LogP contribution is 2.01. The van der Waals surface area contributed by atoms with Crippen molar-refractivity contribution in [2.24, 2.45) is 0 Å². The van der Waals surface area contributed by atoms with Gasteiger partial charge in [-0.05, 0) is 12.1 Å². The van der Waals surface area contributed by atoms with Gasteiger partial charge < -0.3 is 11.5 Å². The fraction of sp³-hybridized carbons (Fsp3) is 0. The Bertz CT molecular complexity index is 440. The van der Waals surface area contributed by atoms with Crippen LogP contribution >= 0.6 is 0 Å². The van der Waals surface area contributed by atoms with Crippen molar-refractivity contribution < 1.29 is 10.4 Å². The third kappa shape index (κ3) is 1.13. The van der Waals surface area contributed by atoms with Crippen molar-refractivity contribution >= 4 is 23.8 Å². The molecular formula is C8H10N4O2. The first kappa shape index (κ1) is 8.67. The van der Waals surface area contributed by atoms with Gasteiger partial charge in [0.25, 0.3) is 0 Å². The maximum atomic E-state index is 9.17. The molecule has 0 fully saturated rings. The monoisotopic (exact) mass is 194 g/mol. The van der Waals surface area contributed by atoms with Gasteiger partial charge in [0.05, 0.1) is 12.4 Å². The highest BCUT2D eigenvalue weighted by molar-refractivity contribution is 5.57. The summed E-state index contributed by atoms with van der Waals surface area (Å²) in [6, 6.07) is 3.28. The number of hydrogen-bond donors (Lipinski definition) is 4. The van der Waals surface area contributed by atoms with Crippen LogP contribution in [0.25, 0.3) is 12.4 Å². The smallest absolute Gasteiger partial charge is 0.0642 e. The normalized spacial score (nSPS) is 14.4. The molecule has 2 rings (SSSR count). The van der Waals surface area contributed by atoms with Crippen molar-refractivity contribution in [3.05, 3.63) is 22.6 Å². The molecule has 0 aliphatic carbocycles. The highest BCUT2D eigenvalue weighted by atomic mass is 16.7. The van der Waals surface area contributed by atoms with Crippen LogP contribution in [0.2, 0.25) is 0 Å². The number of benzene rings is 1. The third-order valence-electron chi connectivity index (χ3n) is 2.05. The molecule has 6 N–H and O–H groups in total. The van der Waals surface area contributed by atoms with Crippen LogP contribution in [0.4, 0.5) is 11.4 Å². The Morgan fingerprint density at radius 1 is 0.857 bits per heavy atom. The Balaban J connectivity index is 2.84. The third-order valence-corrected chi connectivity index (χ3v) is 2.05. The molecule has 0 saturated heterocycles. The number of nitrogens with two attached hydrogens (primary N) is 2. The molecule has 1 aromatic rings. The second-order valence-corrected chi connectivity index (χ2v) is 2.97. The quantitative estimate of drug-likeness (QED) is 0.381. The minimum atomic E-state index is 0.484. The molecule has 1 aliphatic heterocycles.